The highest BCUT2D eigenvalue weighted by molar-refractivity contribution is 7.91. The van der Waals surface area contributed by atoms with E-state index in [4.69, 9.17) is 14.5 Å². The zero-order valence-corrected chi connectivity index (χ0v) is 29.7. The minimum Gasteiger partial charge on any atom is -0.480 e. The van der Waals surface area contributed by atoms with Crippen LogP contribution in [0.1, 0.15) is 60.8 Å². The number of benzene rings is 3. The molecule has 2 atom stereocenters. The Kier molecular flexibility index (Phi) is 11.3. The van der Waals surface area contributed by atoms with Crippen LogP contribution in [0.2, 0.25) is 0 Å². The third-order valence-electron chi connectivity index (χ3n) is 10.3. The van der Waals surface area contributed by atoms with Gasteiger partial charge in [-0.1, -0.05) is 84.9 Å². The predicted molar refractivity (Wildman–Crippen MR) is 194 cm³/mol. The molecule has 2 fully saturated rings. The van der Waals surface area contributed by atoms with Crippen molar-refractivity contribution in [2.45, 2.75) is 69.4 Å². The number of aryl methyl sites for hydroxylation is 1. The smallest absolute Gasteiger partial charge is 0.326 e. The highest BCUT2D eigenvalue weighted by atomic mass is 32.2. The molecule has 0 bridgehead atoms. The molecule has 2 aliphatic rings. The molecule has 50 heavy (non-hydrogen) atoms. The summed E-state index contributed by atoms with van der Waals surface area (Å²) in [6.45, 7) is 7.09. The fourth-order valence-electron chi connectivity index (χ4n) is 7.36. The Bertz CT molecular complexity index is 1850. The number of sulfonamides is 1. The number of piperidine rings is 2. The Labute approximate surface area is 295 Å². The molecule has 0 radical (unpaired) electrons. The Morgan fingerprint density at radius 2 is 1.60 bits per heavy atom. The van der Waals surface area contributed by atoms with Gasteiger partial charge in [0.05, 0.1) is 18.9 Å². The van der Waals surface area contributed by atoms with Crippen molar-refractivity contribution in [2.24, 2.45) is 0 Å². The number of carboxylic acid groups (broad SMARTS) is 1. The second kappa shape index (κ2) is 15.9. The Morgan fingerprint density at radius 1 is 0.900 bits per heavy atom. The van der Waals surface area contributed by atoms with E-state index in [-0.39, 0.29) is 24.8 Å². The van der Waals surface area contributed by atoms with E-state index < -0.39 is 20.7 Å². The lowest BCUT2D eigenvalue weighted by molar-refractivity contribution is -0.142. The molecule has 0 spiro atoms. The molecule has 1 N–H and O–H groups in total. The van der Waals surface area contributed by atoms with E-state index in [1.165, 1.54) is 4.31 Å². The molecule has 2 saturated heterocycles. The van der Waals surface area contributed by atoms with Crippen molar-refractivity contribution >= 4 is 16.0 Å². The summed E-state index contributed by atoms with van der Waals surface area (Å²) in [5, 5.41) is 10.4. The van der Waals surface area contributed by atoms with Crippen LogP contribution in [0.25, 0.3) is 11.3 Å². The third-order valence-corrected chi connectivity index (χ3v) is 12.8. The SMILES string of the molecule is Cc1cc(C2CCN(S(=O)(=O)C3(C(=O)O)CCN(Cc4ccccc4)C(C)C3)CC2)ccc1-c1cccc(OCCOCc2ccccc2)n1. The van der Waals surface area contributed by atoms with Crippen LogP contribution in [0.15, 0.2) is 97.1 Å². The number of aromatic nitrogens is 1. The number of hydrogen-bond donors (Lipinski definition) is 1. The van der Waals surface area contributed by atoms with Gasteiger partial charge >= 0.3 is 5.97 Å². The maximum Gasteiger partial charge on any atom is 0.326 e. The third kappa shape index (κ3) is 7.94. The van der Waals surface area contributed by atoms with Crippen molar-refractivity contribution in [1.82, 2.24) is 14.2 Å². The van der Waals surface area contributed by atoms with E-state index in [1.807, 2.05) is 85.8 Å². The van der Waals surface area contributed by atoms with E-state index >= 15 is 0 Å². The highest BCUT2D eigenvalue weighted by Crippen LogP contribution is 2.40. The number of hydrogen-bond acceptors (Lipinski definition) is 7. The number of pyridine rings is 1. The molecule has 0 saturated carbocycles. The molecule has 6 rings (SSSR count). The molecule has 9 nitrogen and oxygen atoms in total. The summed E-state index contributed by atoms with van der Waals surface area (Å²) in [5.41, 5.74) is 6.31. The molecule has 2 aliphatic heterocycles. The summed E-state index contributed by atoms with van der Waals surface area (Å²) in [7, 11) is -4.08. The van der Waals surface area contributed by atoms with Crippen molar-refractivity contribution in [3.8, 4) is 17.1 Å². The summed E-state index contributed by atoms with van der Waals surface area (Å²) in [4.78, 5) is 19.7. The lowest BCUT2D eigenvalue weighted by Gasteiger charge is -2.45. The summed E-state index contributed by atoms with van der Waals surface area (Å²) in [6.07, 6.45) is 1.42. The molecular weight excluding hydrogens is 651 g/mol. The monoisotopic (exact) mass is 697 g/mol. The van der Waals surface area contributed by atoms with Gasteiger partial charge in [0.1, 0.15) is 6.61 Å². The molecule has 0 aliphatic carbocycles. The maximum absolute atomic E-state index is 14.1. The molecule has 2 unspecified atom stereocenters. The van der Waals surface area contributed by atoms with Crippen LogP contribution < -0.4 is 4.74 Å². The van der Waals surface area contributed by atoms with Gasteiger partial charge in [-0.15, -0.1) is 0 Å². The van der Waals surface area contributed by atoms with E-state index in [0.717, 1.165) is 33.5 Å². The molecule has 3 aromatic carbocycles. The van der Waals surface area contributed by atoms with Crippen LogP contribution in [0.3, 0.4) is 0 Å². The Balaban J connectivity index is 1.04. The Morgan fingerprint density at radius 3 is 2.26 bits per heavy atom. The topological polar surface area (TPSA) is 109 Å². The average molecular weight is 698 g/mol. The van der Waals surface area contributed by atoms with E-state index in [2.05, 4.69) is 30.0 Å². The second-order valence-electron chi connectivity index (χ2n) is 13.6. The van der Waals surface area contributed by atoms with Gasteiger partial charge in [-0.2, -0.15) is 0 Å². The first kappa shape index (κ1) is 35.7. The highest BCUT2D eigenvalue weighted by Gasteiger charge is 2.57. The van der Waals surface area contributed by atoms with Crippen molar-refractivity contribution < 1.29 is 27.8 Å². The first-order valence-corrected chi connectivity index (χ1v) is 18.9. The number of carbonyl (C=O) groups is 1. The second-order valence-corrected chi connectivity index (χ2v) is 15.8. The average Bonchev–Trinajstić information content (AvgIpc) is 3.13. The van der Waals surface area contributed by atoms with E-state index in [1.54, 1.807) is 0 Å². The lowest BCUT2D eigenvalue weighted by Crippen LogP contribution is -2.61. The van der Waals surface area contributed by atoms with Crippen molar-refractivity contribution in [2.75, 3.05) is 32.8 Å². The fraction of sp³-hybridized carbons (Fsp3) is 0.400. The summed E-state index contributed by atoms with van der Waals surface area (Å²) < 4.78 is 39.4. The normalized spacial score (nSPS) is 20.8. The minimum atomic E-state index is -4.08. The quantitative estimate of drug-likeness (QED) is 0.154. The molecular formula is C40H47N3O6S. The van der Waals surface area contributed by atoms with Gasteiger partial charge in [-0.3, -0.25) is 9.69 Å². The summed E-state index contributed by atoms with van der Waals surface area (Å²) in [6, 6.07) is 31.9. The summed E-state index contributed by atoms with van der Waals surface area (Å²) >= 11 is 0. The number of nitrogens with zero attached hydrogens (tertiary/aromatic N) is 3. The van der Waals surface area contributed by atoms with E-state index in [9.17, 15) is 18.3 Å². The van der Waals surface area contributed by atoms with Gasteiger partial charge in [0.25, 0.3) is 0 Å². The molecule has 3 heterocycles. The number of ether oxygens (including phenoxy) is 2. The van der Waals surface area contributed by atoms with Crippen LogP contribution in [0.5, 0.6) is 5.88 Å². The minimum absolute atomic E-state index is 0.0698. The van der Waals surface area contributed by atoms with Gasteiger partial charge in [-0.25, -0.2) is 17.7 Å². The molecule has 264 valence electrons. The van der Waals surface area contributed by atoms with Crippen LogP contribution in [0.4, 0.5) is 0 Å². The predicted octanol–water partition coefficient (Wildman–Crippen LogP) is 6.67. The van der Waals surface area contributed by atoms with Crippen LogP contribution in [0, 0.1) is 6.92 Å². The van der Waals surface area contributed by atoms with Gasteiger partial charge in [0, 0.05) is 43.9 Å². The molecule has 10 heteroatoms. The van der Waals surface area contributed by atoms with Crippen molar-refractivity contribution in [3.05, 3.63) is 119 Å². The van der Waals surface area contributed by atoms with Crippen LogP contribution in [-0.4, -0.2) is 77.3 Å². The van der Waals surface area contributed by atoms with Crippen LogP contribution in [-0.2, 0) is 32.7 Å². The maximum atomic E-state index is 14.1. The van der Waals surface area contributed by atoms with Gasteiger partial charge < -0.3 is 14.6 Å². The number of rotatable bonds is 13. The zero-order valence-electron chi connectivity index (χ0n) is 28.9. The molecule has 1 aromatic heterocycles. The van der Waals surface area contributed by atoms with Crippen LogP contribution >= 0.6 is 0 Å². The lowest BCUT2D eigenvalue weighted by atomic mass is 9.88. The van der Waals surface area contributed by atoms with Crippen molar-refractivity contribution in [1.29, 1.82) is 0 Å². The Hall–Kier alpha value is -4.09. The first-order chi connectivity index (χ1) is 24.2. The van der Waals surface area contributed by atoms with Crippen molar-refractivity contribution in [3.63, 3.8) is 0 Å². The first-order valence-electron chi connectivity index (χ1n) is 17.5. The fourth-order valence-corrected chi connectivity index (χ4v) is 9.57. The molecule has 4 aromatic rings. The number of likely N-dealkylation sites (tertiary alicyclic amines) is 1. The van der Waals surface area contributed by atoms with Gasteiger partial charge in [0.15, 0.2) is 4.75 Å². The van der Waals surface area contributed by atoms with E-state index in [0.29, 0.717) is 64.7 Å². The standard InChI is InChI=1S/C40H47N3O6S/c1-30-26-35(16-17-36(30)37-14-9-15-38(41-37)49-25-24-48-29-33-12-7-4-8-13-33)34-18-21-43(22-19-34)50(46,47)40(39(44)45)20-23-42(31(2)27-40)28-32-10-5-3-6-11-32/h3-17,26,31,34H,18-25,27-29H2,1-2H3,(H,44,45). The zero-order chi connectivity index (χ0) is 35.1. The van der Waals surface area contributed by atoms with Gasteiger partial charge in [0.2, 0.25) is 15.9 Å². The largest absolute Gasteiger partial charge is 0.480 e. The number of aliphatic carboxylic acids is 1. The van der Waals surface area contributed by atoms with Gasteiger partial charge in [-0.05, 0) is 73.8 Å². The number of carboxylic acids is 1. The summed E-state index contributed by atoms with van der Waals surface area (Å²) in [5.74, 6) is -0.519. The molecule has 0 amide bonds.